The minimum Gasteiger partial charge on any atom is -0.481 e. The molecule has 0 spiro atoms. The molecule has 0 saturated heterocycles. The van der Waals surface area contributed by atoms with Crippen LogP contribution in [0.25, 0.3) is 0 Å². The molecule has 0 heterocycles. The van der Waals surface area contributed by atoms with Gasteiger partial charge < -0.3 is 29.7 Å². The zero-order valence-electron chi connectivity index (χ0n) is 33.6. The van der Waals surface area contributed by atoms with Gasteiger partial charge in [0.15, 0.2) is 0 Å². The van der Waals surface area contributed by atoms with Crippen molar-refractivity contribution in [2.45, 2.75) is 143 Å². The van der Waals surface area contributed by atoms with E-state index in [1.54, 1.807) is 26.0 Å². The molecule has 9 heteroatoms. The van der Waals surface area contributed by atoms with Crippen molar-refractivity contribution >= 4 is 27.7 Å². The molecule has 10 atom stereocenters. The summed E-state index contributed by atoms with van der Waals surface area (Å²) in [7, 11) is 2.25. The van der Waals surface area contributed by atoms with Gasteiger partial charge in [-0.3, -0.25) is 9.59 Å². The van der Waals surface area contributed by atoms with Crippen LogP contribution in [0.1, 0.15) is 126 Å². The second-order valence-corrected chi connectivity index (χ2v) is 15.4. The van der Waals surface area contributed by atoms with Crippen molar-refractivity contribution in [3.63, 3.8) is 0 Å². The largest absolute Gasteiger partial charge is 0.481 e. The molecule has 3 fully saturated rings. The van der Waals surface area contributed by atoms with E-state index in [1.165, 1.54) is 19.3 Å². The van der Waals surface area contributed by atoms with E-state index in [2.05, 4.69) is 58.1 Å². The molecule has 3 aliphatic carbocycles. The minimum absolute atomic E-state index is 0. The Bertz CT molecular complexity index is 1230. The standard InChI is InChI=1S/2C17H26O3.C12H19O2P.CH4.H2/c2*1-14(18)9-5-4-7-11-16-13-15(16)10-6-2-3-8-12-17(19)20;1-10(14-15)5-3-2-4-6-11-9-12(11)7-8-13;;/h2*2,4-7,9,14-16,18H,3,8,10-13H2,1H3,(H,19,20);2-5,8,10-12H,6-7,9,15H2,1H3;1H4;1H/b2*6-2-,7-4-,9-5+;4-2-,5-3+;;/t2*14?,15-,16+;10?,11-,12+;;/m110../s1/i;;;;1+2. The number of carbonyl (C=O) groups is 3. The number of carboxylic acids is 2. The first-order valence-electron chi connectivity index (χ1n) is 20.3. The number of hydrogen-bond acceptors (Lipinski definition) is 6. The monoisotopic (exact) mass is 803 g/mol. The van der Waals surface area contributed by atoms with Crippen LogP contribution in [0.2, 0.25) is 0 Å². The second kappa shape index (κ2) is 33.9. The minimum atomic E-state index is -0.711. The van der Waals surface area contributed by atoms with Gasteiger partial charge in [-0.15, -0.1) is 0 Å². The molecule has 4 N–H and O–H groups in total. The SMILES string of the molecule is C.CC(/C=C/C=C\C[C@H]1C[C@H]1CC=O)OP.CC(O)/C=C/C=C\C[C@H]1C[C@H]1C/C=C\CCCC(=O)O.CC(O)/C=C/C=C\C[C@H]1C[C@H]1C/C=C\CCCC(=O)O.[3HH]. The zero-order valence-corrected chi connectivity index (χ0v) is 34.8. The van der Waals surface area contributed by atoms with E-state index < -0.39 is 11.9 Å². The Morgan fingerprint density at radius 1 is 0.589 bits per heavy atom. The lowest BCUT2D eigenvalue weighted by Gasteiger charge is -1.98. The Labute approximate surface area is 343 Å². The maximum absolute atomic E-state index is 10.3. The first-order chi connectivity index (χ1) is 26.5. The summed E-state index contributed by atoms with van der Waals surface area (Å²) in [5, 5.41) is 35.1. The maximum atomic E-state index is 10.3. The van der Waals surface area contributed by atoms with Gasteiger partial charge in [0, 0.05) is 30.2 Å². The first-order valence-corrected chi connectivity index (χ1v) is 20.8. The maximum Gasteiger partial charge on any atom is 0.303 e. The van der Waals surface area contributed by atoms with Crippen molar-refractivity contribution in [2.75, 3.05) is 0 Å². The normalized spacial score (nSPS) is 24.4. The number of hydrogen-bond donors (Lipinski definition) is 4. The van der Waals surface area contributed by atoms with Crippen LogP contribution in [0, 0.1) is 35.5 Å². The molecule has 3 rings (SSSR count). The van der Waals surface area contributed by atoms with Gasteiger partial charge in [-0.2, -0.15) is 0 Å². The van der Waals surface area contributed by atoms with Crippen molar-refractivity contribution in [3.8, 4) is 0 Å². The molecule has 0 aromatic rings. The molecule has 0 aliphatic heterocycles. The smallest absolute Gasteiger partial charge is 0.303 e. The first kappa shape index (κ1) is 52.8. The Morgan fingerprint density at radius 3 is 1.25 bits per heavy atom. The van der Waals surface area contributed by atoms with Crippen molar-refractivity contribution in [2.24, 2.45) is 35.5 Å². The number of unbranched alkanes of at least 4 members (excludes halogenated alkanes) is 2. The van der Waals surface area contributed by atoms with Crippen molar-refractivity contribution in [1.82, 2.24) is 0 Å². The van der Waals surface area contributed by atoms with Gasteiger partial charge in [0.25, 0.3) is 0 Å². The van der Waals surface area contributed by atoms with Gasteiger partial charge >= 0.3 is 11.9 Å². The van der Waals surface area contributed by atoms with E-state index >= 15 is 0 Å². The van der Waals surface area contributed by atoms with Crippen LogP contribution in [0.4, 0.5) is 0 Å². The number of aliphatic carboxylic acids is 2. The fourth-order valence-corrected chi connectivity index (χ4v) is 6.11. The number of aldehydes is 1. The fraction of sp³-hybridized carbons (Fsp3) is 0.596. The predicted molar refractivity (Wildman–Crippen MR) is 237 cm³/mol. The van der Waals surface area contributed by atoms with Gasteiger partial charge in [-0.25, -0.2) is 0 Å². The van der Waals surface area contributed by atoms with Crippen LogP contribution < -0.4 is 0 Å². The Hall–Kier alpha value is -3.16. The van der Waals surface area contributed by atoms with Crippen LogP contribution in [0.3, 0.4) is 0 Å². The summed E-state index contributed by atoms with van der Waals surface area (Å²) in [6.45, 7) is 5.46. The summed E-state index contributed by atoms with van der Waals surface area (Å²) < 4.78 is 5.00. The number of rotatable bonds is 27. The molecule has 0 bridgehead atoms. The zero-order chi connectivity index (χ0) is 40.7. The predicted octanol–water partition coefficient (Wildman–Crippen LogP) is 11.2. The van der Waals surface area contributed by atoms with Crippen molar-refractivity contribution < 1.29 is 40.8 Å². The summed E-state index contributed by atoms with van der Waals surface area (Å²) in [6, 6.07) is 0. The number of carbonyl (C=O) groups excluding carboxylic acids is 1. The van der Waals surface area contributed by atoms with E-state index in [-0.39, 0.29) is 40.0 Å². The topological polar surface area (TPSA) is 141 Å². The molecule has 0 aromatic carbocycles. The molecule has 0 radical (unpaired) electrons. The average molecular weight is 803 g/mol. The van der Waals surface area contributed by atoms with E-state index in [0.717, 1.165) is 100 Å². The molecule has 56 heavy (non-hydrogen) atoms. The van der Waals surface area contributed by atoms with Gasteiger partial charge in [0.1, 0.15) is 6.29 Å². The van der Waals surface area contributed by atoms with E-state index in [0.29, 0.717) is 5.92 Å². The highest BCUT2D eigenvalue weighted by Crippen LogP contribution is 2.45. The Balaban J connectivity index is 0. The highest BCUT2D eigenvalue weighted by molar-refractivity contribution is 7.09. The molecule has 0 amide bonds. The number of aliphatic hydroxyl groups excluding tert-OH is 2. The van der Waals surface area contributed by atoms with Crippen LogP contribution >= 0.6 is 9.47 Å². The fourth-order valence-electron chi connectivity index (χ4n) is 6.02. The molecule has 3 saturated carbocycles. The van der Waals surface area contributed by atoms with Crippen LogP contribution in [0.5, 0.6) is 0 Å². The lowest BCUT2D eigenvalue weighted by atomic mass is 10.1. The Morgan fingerprint density at radius 2 is 0.929 bits per heavy atom. The van der Waals surface area contributed by atoms with Gasteiger partial charge in [0.05, 0.1) is 18.3 Å². The lowest BCUT2D eigenvalue weighted by molar-refractivity contribution is -0.138. The second-order valence-electron chi connectivity index (χ2n) is 15.1. The third-order valence-electron chi connectivity index (χ3n) is 9.77. The quantitative estimate of drug-likeness (QED) is 0.0211. The van der Waals surface area contributed by atoms with Crippen LogP contribution in [-0.2, 0) is 18.9 Å². The highest BCUT2D eigenvalue weighted by atomic mass is 31.0. The van der Waals surface area contributed by atoms with Gasteiger partial charge in [-0.1, -0.05) is 105 Å². The molecule has 0 aromatic heterocycles. The number of allylic oxidation sites excluding steroid dienone is 13. The summed E-state index contributed by atoms with van der Waals surface area (Å²) in [4.78, 5) is 30.9. The molecule has 4 unspecified atom stereocenters. The molecular weight excluding hydrogens is 723 g/mol. The average Bonchev–Trinajstić information content (AvgIpc) is 4.07. The van der Waals surface area contributed by atoms with Crippen LogP contribution in [-0.4, -0.2) is 57.0 Å². The van der Waals surface area contributed by atoms with E-state index in [9.17, 15) is 14.4 Å². The molecule has 8 nitrogen and oxygen atoms in total. The lowest BCUT2D eigenvalue weighted by Crippen LogP contribution is -1.93. The van der Waals surface area contributed by atoms with E-state index in [4.69, 9.17) is 24.9 Å². The van der Waals surface area contributed by atoms with Crippen molar-refractivity contribution in [1.29, 1.82) is 0 Å². The number of carboxylic acid groups (broad SMARTS) is 2. The third-order valence-corrected chi connectivity index (χ3v) is 10.2. The Kier molecular flexibility index (Phi) is 32.0. The summed E-state index contributed by atoms with van der Waals surface area (Å²) in [6.07, 6.45) is 46.8. The molecule has 318 valence electrons. The summed E-state index contributed by atoms with van der Waals surface area (Å²) >= 11 is 0. The van der Waals surface area contributed by atoms with Crippen LogP contribution in [0.15, 0.2) is 97.2 Å². The third kappa shape index (κ3) is 33.0. The molecular formula is C47H77O8P. The summed E-state index contributed by atoms with van der Waals surface area (Å²) in [5.41, 5.74) is 0. The van der Waals surface area contributed by atoms with Gasteiger partial charge in [-0.05, 0) is 133 Å². The number of aliphatic hydroxyl groups is 2. The van der Waals surface area contributed by atoms with E-state index in [1.807, 2.05) is 43.4 Å². The van der Waals surface area contributed by atoms with Gasteiger partial charge in [0.2, 0.25) is 0 Å². The highest BCUT2D eigenvalue weighted by Gasteiger charge is 2.35. The van der Waals surface area contributed by atoms with Crippen molar-refractivity contribution in [3.05, 3.63) is 97.2 Å². The molecule has 3 aliphatic rings. The summed E-state index contributed by atoms with van der Waals surface area (Å²) in [5.74, 6) is 3.19.